The first-order valence-corrected chi connectivity index (χ1v) is 5.36. The Morgan fingerprint density at radius 1 is 1.53 bits per heavy atom. The molecule has 0 unspecified atom stereocenters. The van der Waals surface area contributed by atoms with Gasteiger partial charge in [0.15, 0.2) is 0 Å². The van der Waals surface area contributed by atoms with Crippen LogP contribution >= 0.6 is 11.6 Å². The van der Waals surface area contributed by atoms with Crippen molar-refractivity contribution >= 4 is 28.9 Å². The average Bonchev–Trinajstić information content (AvgIpc) is 2.20. The average molecular weight is 227 g/mol. The fourth-order valence-corrected chi connectivity index (χ4v) is 1.35. The van der Waals surface area contributed by atoms with Crippen molar-refractivity contribution in [3.63, 3.8) is 0 Å². The van der Waals surface area contributed by atoms with Crippen LogP contribution in [0.2, 0.25) is 5.02 Å². The molecule has 3 N–H and O–H groups in total. The monoisotopic (exact) mass is 226 g/mol. The second-order valence-electron chi connectivity index (χ2n) is 3.39. The molecular formula is C11H15ClN2O. The molecule has 0 atom stereocenters. The van der Waals surface area contributed by atoms with E-state index in [4.69, 9.17) is 17.3 Å². The van der Waals surface area contributed by atoms with Crippen molar-refractivity contribution < 1.29 is 4.79 Å². The Balaban J connectivity index is 2.57. The van der Waals surface area contributed by atoms with Crippen LogP contribution in [0.4, 0.5) is 11.4 Å². The smallest absolute Gasteiger partial charge is 0.224 e. The maximum atomic E-state index is 11.4. The Hall–Kier alpha value is -1.22. The highest BCUT2D eigenvalue weighted by atomic mass is 35.5. The van der Waals surface area contributed by atoms with Crippen molar-refractivity contribution in [2.45, 2.75) is 26.2 Å². The summed E-state index contributed by atoms with van der Waals surface area (Å²) < 4.78 is 0. The van der Waals surface area contributed by atoms with Crippen LogP contribution in [-0.4, -0.2) is 5.91 Å². The van der Waals surface area contributed by atoms with E-state index >= 15 is 0 Å². The Bertz CT molecular complexity index is 352. The molecule has 1 aromatic carbocycles. The molecule has 0 aromatic heterocycles. The zero-order valence-electron chi connectivity index (χ0n) is 8.72. The van der Waals surface area contributed by atoms with Gasteiger partial charge in [-0.2, -0.15) is 0 Å². The lowest BCUT2D eigenvalue weighted by Crippen LogP contribution is -2.10. The lowest BCUT2D eigenvalue weighted by Gasteiger charge is -2.06. The molecule has 0 spiro atoms. The lowest BCUT2D eigenvalue weighted by molar-refractivity contribution is -0.116. The number of rotatable bonds is 4. The van der Waals surface area contributed by atoms with E-state index in [-0.39, 0.29) is 5.91 Å². The first kappa shape index (κ1) is 11.9. The highest BCUT2D eigenvalue weighted by Crippen LogP contribution is 2.22. The van der Waals surface area contributed by atoms with Crippen molar-refractivity contribution in [1.82, 2.24) is 0 Å². The predicted octanol–water partition coefficient (Wildman–Crippen LogP) is 3.05. The minimum atomic E-state index is 0.0117. The van der Waals surface area contributed by atoms with E-state index in [1.54, 1.807) is 18.2 Å². The van der Waals surface area contributed by atoms with Crippen molar-refractivity contribution in [3.05, 3.63) is 23.2 Å². The van der Waals surface area contributed by atoms with Crippen molar-refractivity contribution in [1.29, 1.82) is 0 Å². The number of nitrogen functional groups attached to an aromatic ring is 1. The van der Waals surface area contributed by atoms with E-state index in [1.807, 2.05) is 6.92 Å². The van der Waals surface area contributed by atoms with Gasteiger partial charge in [-0.25, -0.2) is 0 Å². The number of nitrogens with one attached hydrogen (secondary N) is 1. The summed E-state index contributed by atoms with van der Waals surface area (Å²) in [5.74, 6) is 0.0117. The highest BCUT2D eigenvalue weighted by Gasteiger charge is 2.03. The first-order chi connectivity index (χ1) is 7.13. The first-order valence-electron chi connectivity index (χ1n) is 4.98. The van der Waals surface area contributed by atoms with Crippen LogP contribution in [0.5, 0.6) is 0 Å². The third kappa shape index (κ3) is 3.80. The molecule has 3 nitrogen and oxygen atoms in total. The second kappa shape index (κ2) is 5.61. The van der Waals surface area contributed by atoms with Crippen LogP contribution in [0.3, 0.4) is 0 Å². The summed E-state index contributed by atoms with van der Waals surface area (Å²) in [4.78, 5) is 11.4. The molecule has 82 valence electrons. The number of hydrogen-bond donors (Lipinski definition) is 2. The molecule has 0 saturated carbocycles. The van der Waals surface area contributed by atoms with Crippen LogP contribution in [0.1, 0.15) is 26.2 Å². The largest absolute Gasteiger partial charge is 0.398 e. The van der Waals surface area contributed by atoms with E-state index in [1.165, 1.54) is 0 Å². The lowest BCUT2D eigenvalue weighted by atomic mass is 10.2. The van der Waals surface area contributed by atoms with Gasteiger partial charge in [-0.05, 0) is 24.6 Å². The Kier molecular flexibility index (Phi) is 4.43. The summed E-state index contributed by atoms with van der Waals surface area (Å²) >= 11 is 5.83. The predicted molar refractivity (Wildman–Crippen MR) is 64.0 cm³/mol. The molecule has 4 heteroatoms. The van der Waals surface area contributed by atoms with E-state index in [2.05, 4.69) is 5.32 Å². The van der Waals surface area contributed by atoms with Gasteiger partial charge in [-0.1, -0.05) is 24.9 Å². The maximum absolute atomic E-state index is 11.4. The molecule has 0 heterocycles. The van der Waals surface area contributed by atoms with Gasteiger partial charge in [0.25, 0.3) is 0 Å². The molecular weight excluding hydrogens is 212 g/mol. The minimum Gasteiger partial charge on any atom is -0.398 e. The van der Waals surface area contributed by atoms with Gasteiger partial charge in [0.05, 0.1) is 10.7 Å². The van der Waals surface area contributed by atoms with E-state index in [9.17, 15) is 4.79 Å². The van der Waals surface area contributed by atoms with E-state index < -0.39 is 0 Å². The normalized spacial score (nSPS) is 10.0. The van der Waals surface area contributed by atoms with Crippen molar-refractivity contribution in [2.75, 3.05) is 11.1 Å². The molecule has 0 radical (unpaired) electrons. The number of anilines is 2. The Morgan fingerprint density at radius 2 is 2.27 bits per heavy atom. The molecule has 15 heavy (non-hydrogen) atoms. The van der Waals surface area contributed by atoms with Gasteiger partial charge < -0.3 is 11.1 Å². The summed E-state index contributed by atoms with van der Waals surface area (Å²) in [5, 5.41) is 3.23. The molecule has 0 fully saturated rings. The molecule has 1 aromatic rings. The molecule has 0 aliphatic rings. The van der Waals surface area contributed by atoms with Crippen LogP contribution in [0.25, 0.3) is 0 Å². The molecule has 1 rings (SSSR count). The third-order valence-electron chi connectivity index (χ3n) is 2.04. The van der Waals surface area contributed by atoms with Crippen LogP contribution in [-0.2, 0) is 4.79 Å². The van der Waals surface area contributed by atoms with Crippen molar-refractivity contribution in [2.24, 2.45) is 0 Å². The van der Waals surface area contributed by atoms with Gasteiger partial charge in [0.2, 0.25) is 5.91 Å². The summed E-state index contributed by atoms with van der Waals surface area (Å²) in [6, 6.07) is 5.07. The van der Waals surface area contributed by atoms with E-state index in [0.29, 0.717) is 22.8 Å². The standard InChI is InChI=1S/C11H15ClN2O/c1-2-3-4-11(15)14-8-5-6-10(13)9(12)7-8/h5-7H,2-4,13H2,1H3,(H,14,15). The van der Waals surface area contributed by atoms with Crippen LogP contribution < -0.4 is 11.1 Å². The molecule has 0 aliphatic carbocycles. The van der Waals surface area contributed by atoms with Crippen molar-refractivity contribution in [3.8, 4) is 0 Å². The number of carbonyl (C=O) groups is 1. The van der Waals surface area contributed by atoms with Crippen LogP contribution in [0.15, 0.2) is 18.2 Å². The Labute approximate surface area is 94.6 Å². The Morgan fingerprint density at radius 3 is 2.87 bits per heavy atom. The number of amides is 1. The number of carbonyl (C=O) groups excluding carboxylic acids is 1. The topological polar surface area (TPSA) is 55.1 Å². The molecule has 0 bridgehead atoms. The maximum Gasteiger partial charge on any atom is 0.224 e. The second-order valence-corrected chi connectivity index (χ2v) is 3.80. The van der Waals surface area contributed by atoms with Gasteiger partial charge in [-0.3, -0.25) is 4.79 Å². The summed E-state index contributed by atoms with van der Waals surface area (Å²) in [6.45, 7) is 2.05. The highest BCUT2D eigenvalue weighted by molar-refractivity contribution is 6.33. The van der Waals surface area contributed by atoms with E-state index in [0.717, 1.165) is 12.8 Å². The zero-order valence-corrected chi connectivity index (χ0v) is 9.47. The summed E-state index contributed by atoms with van der Waals surface area (Å²) in [6.07, 6.45) is 2.45. The third-order valence-corrected chi connectivity index (χ3v) is 2.37. The quantitative estimate of drug-likeness (QED) is 0.776. The van der Waals surface area contributed by atoms with Gasteiger partial charge in [0, 0.05) is 12.1 Å². The van der Waals surface area contributed by atoms with Gasteiger partial charge in [-0.15, -0.1) is 0 Å². The molecule has 0 aliphatic heterocycles. The number of benzene rings is 1. The molecule has 1 amide bonds. The fraction of sp³-hybridized carbons (Fsp3) is 0.364. The number of unbranched alkanes of at least 4 members (excludes halogenated alkanes) is 1. The number of hydrogen-bond acceptors (Lipinski definition) is 2. The van der Waals surface area contributed by atoms with Crippen LogP contribution in [0, 0.1) is 0 Å². The minimum absolute atomic E-state index is 0.0117. The van der Waals surface area contributed by atoms with Gasteiger partial charge in [0.1, 0.15) is 0 Å². The fourth-order valence-electron chi connectivity index (χ4n) is 1.17. The SMILES string of the molecule is CCCCC(=O)Nc1ccc(N)c(Cl)c1. The number of nitrogens with two attached hydrogens (primary N) is 1. The summed E-state index contributed by atoms with van der Waals surface area (Å²) in [5.41, 5.74) is 6.76. The number of halogens is 1. The molecule has 0 saturated heterocycles. The van der Waals surface area contributed by atoms with Gasteiger partial charge >= 0.3 is 0 Å². The summed E-state index contributed by atoms with van der Waals surface area (Å²) in [7, 11) is 0. The zero-order chi connectivity index (χ0) is 11.3.